The molecule has 5 nitrogen and oxygen atoms in total. The number of aryl methyl sites for hydroxylation is 2. The summed E-state index contributed by atoms with van der Waals surface area (Å²) in [5, 5.41) is 8.67. The minimum absolute atomic E-state index is 0.104. The summed E-state index contributed by atoms with van der Waals surface area (Å²) in [5.41, 5.74) is 4.70. The van der Waals surface area contributed by atoms with Crippen LogP contribution < -0.4 is 4.90 Å². The first-order valence-electron chi connectivity index (χ1n) is 9.71. The van der Waals surface area contributed by atoms with Crippen molar-refractivity contribution in [2.24, 2.45) is 0 Å². The van der Waals surface area contributed by atoms with Gasteiger partial charge in [-0.05, 0) is 50.3 Å². The number of fused-ring (bicyclic) bond motifs is 2. The molecule has 1 unspecified atom stereocenters. The van der Waals surface area contributed by atoms with Gasteiger partial charge in [-0.15, -0.1) is 5.10 Å². The highest BCUT2D eigenvalue weighted by atomic mass is 15.3. The Kier molecular flexibility index (Phi) is 3.88. The monoisotopic (exact) mass is 357 g/mol. The van der Waals surface area contributed by atoms with Gasteiger partial charge in [0.25, 0.3) is 0 Å². The minimum Gasteiger partial charge on any atom is -0.354 e. The summed E-state index contributed by atoms with van der Waals surface area (Å²) in [5.74, 6) is 1.81. The third kappa shape index (κ3) is 2.87. The maximum atomic E-state index is 5.07. The van der Waals surface area contributed by atoms with E-state index in [9.17, 15) is 0 Å². The van der Waals surface area contributed by atoms with E-state index in [2.05, 4.69) is 38.3 Å². The van der Waals surface area contributed by atoms with Crippen molar-refractivity contribution in [2.45, 2.75) is 38.0 Å². The van der Waals surface area contributed by atoms with Crippen LogP contribution in [0, 0.1) is 6.92 Å². The fourth-order valence-corrected chi connectivity index (χ4v) is 4.55. The van der Waals surface area contributed by atoms with Crippen molar-refractivity contribution >= 4 is 5.82 Å². The lowest BCUT2D eigenvalue weighted by Gasteiger charge is -2.41. The average Bonchev–Trinajstić information content (AvgIpc) is 3.06. The third-order valence-corrected chi connectivity index (χ3v) is 5.96. The summed E-state index contributed by atoms with van der Waals surface area (Å²) in [4.78, 5) is 12.1. The lowest BCUT2D eigenvalue weighted by molar-refractivity contribution is 0.333. The van der Waals surface area contributed by atoms with Crippen LogP contribution in [0.3, 0.4) is 0 Å². The Morgan fingerprint density at radius 1 is 1.00 bits per heavy atom. The zero-order valence-electron chi connectivity index (χ0n) is 15.6. The van der Waals surface area contributed by atoms with Crippen molar-refractivity contribution in [1.82, 2.24) is 20.2 Å². The van der Waals surface area contributed by atoms with Crippen LogP contribution in [0.4, 0.5) is 5.82 Å². The Morgan fingerprint density at radius 2 is 1.89 bits per heavy atom. The fraction of sp³-hybridized carbons (Fsp3) is 0.364. The van der Waals surface area contributed by atoms with Gasteiger partial charge in [0, 0.05) is 30.3 Å². The predicted molar refractivity (Wildman–Crippen MR) is 106 cm³/mol. The Bertz CT molecular complexity index is 950. The van der Waals surface area contributed by atoms with Gasteiger partial charge in [-0.25, -0.2) is 9.97 Å². The van der Waals surface area contributed by atoms with E-state index in [4.69, 9.17) is 4.98 Å². The van der Waals surface area contributed by atoms with Gasteiger partial charge in [-0.2, -0.15) is 5.10 Å². The molecule has 2 aliphatic rings. The molecule has 5 heteroatoms. The van der Waals surface area contributed by atoms with Gasteiger partial charge in [0.05, 0.1) is 11.4 Å². The molecule has 0 saturated carbocycles. The van der Waals surface area contributed by atoms with Gasteiger partial charge in [-0.1, -0.05) is 30.3 Å². The van der Waals surface area contributed by atoms with E-state index in [0.29, 0.717) is 0 Å². The van der Waals surface area contributed by atoms with Crippen LogP contribution in [-0.4, -0.2) is 33.3 Å². The van der Waals surface area contributed by atoms with Crippen molar-refractivity contribution < 1.29 is 0 Å². The van der Waals surface area contributed by atoms with Crippen LogP contribution in [-0.2, 0) is 11.8 Å². The number of aromatic nitrogens is 4. The molecule has 136 valence electrons. The van der Waals surface area contributed by atoms with E-state index >= 15 is 0 Å². The van der Waals surface area contributed by atoms with E-state index in [1.165, 1.54) is 17.7 Å². The molecule has 0 N–H and O–H groups in total. The largest absolute Gasteiger partial charge is 0.354 e. The van der Waals surface area contributed by atoms with Gasteiger partial charge >= 0.3 is 0 Å². The summed E-state index contributed by atoms with van der Waals surface area (Å²) in [6.07, 6.45) is 6.59. The van der Waals surface area contributed by atoms with E-state index in [-0.39, 0.29) is 5.41 Å². The molecular weight excluding hydrogens is 334 g/mol. The first-order chi connectivity index (χ1) is 13.2. The van der Waals surface area contributed by atoms with Crippen LogP contribution in [0.15, 0.2) is 48.7 Å². The number of benzene rings is 1. The maximum Gasteiger partial charge on any atom is 0.159 e. The molecule has 1 spiro atoms. The smallest absolute Gasteiger partial charge is 0.159 e. The number of nitrogens with zero attached hydrogens (tertiary/aromatic N) is 5. The summed E-state index contributed by atoms with van der Waals surface area (Å²) >= 11 is 0. The van der Waals surface area contributed by atoms with Crippen molar-refractivity contribution in [3.05, 3.63) is 65.6 Å². The SMILES string of the molecule is Cc1ccc(N2CCCC3(CCc4cnc(-c5ccccc5)nc43)C2)nn1. The molecule has 0 radical (unpaired) electrons. The van der Waals surface area contributed by atoms with Gasteiger partial charge in [0.15, 0.2) is 11.6 Å². The predicted octanol–water partition coefficient (Wildman–Crippen LogP) is 3.73. The Morgan fingerprint density at radius 3 is 2.70 bits per heavy atom. The number of hydrogen-bond donors (Lipinski definition) is 0. The molecule has 1 aliphatic heterocycles. The van der Waals surface area contributed by atoms with Gasteiger partial charge in [0.2, 0.25) is 0 Å². The van der Waals surface area contributed by atoms with Crippen molar-refractivity contribution in [1.29, 1.82) is 0 Å². The van der Waals surface area contributed by atoms with Crippen molar-refractivity contribution in [3.8, 4) is 11.4 Å². The van der Waals surface area contributed by atoms with Crippen LogP contribution in [0.2, 0.25) is 0 Å². The van der Waals surface area contributed by atoms with Crippen LogP contribution in [0.25, 0.3) is 11.4 Å². The van der Waals surface area contributed by atoms with Crippen molar-refractivity contribution in [3.63, 3.8) is 0 Å². The molecular formula is C22H23N5. The molecule has 5 rings (SSSR count). The normalized spacial score (nSPS) is 21.4. The summed E-state index contributed by atoms with van der Waals surface area (Å²) in [6.45, 7) is 3.97. The average molecular weight is 357 g/mol. The fourth-order valence-electron chi connectivity index (χ4n) is 4.55. The van der Waals surface area contributed by atoms with E-state index in [0.717, 1.165) is 55.3 Å². The second kappa shape index (κ2) is 6.41. The highest BCUT2D eigenvalue weighted by Crippen LogP contribution is 2.44. The second-order valence-corrected chi connectivity index (χ2v) is 7.77. The van der Waals surface area contributed by atoms with Gasteiger partial charge in [-0.3, -0.25) is 0 Å². The third-order valence-electron chi connectivity index (χ3n) is 5.96. The molecule has 3 aromatic rings. The molecule has 1 saturated heterocycles. The molecule has 0 amide bonds. The molecule has 1 atom stereocenters. The summed E-state index contributed by atoms with van der Waals surface area (Å²) in [6, 6.07) is 14.4. The molecule has 2 aromatic heterocycles. The lowest BCUT2D eigenvalue weighted by atomic mass is 9.77. The maximum absolute atomic E-state index is 5.07. The summed E-state index contributed by atoms with van der Waals surface area (Å²) < 4.78 is 0. The highest BCUT2D eigenvalue weighted by Gasteiger charge is 2.44. The molecule has 1 fully saturated rings. The first kappa shape index (κ1) is 16.4. The Balaban J connectivity index is 1.50. The molecule has 1 aliphatic carbocycles. The number of hydrogen-bond acceptors (Lipinski definition) is 5. The van der Waals surface area contributed by atoms with Crippen LogP contribution in [0.5, 0.6) is 0 Å². The van der Waals surface area contributed by atoms with E-state index in [1.54, 1.807) is 0 Å². The number of piperidine rings is 1. The molecule has 1 aromatic carbocycles. The minimum atomic E-state index is 0.104. The Hall–Kier alpha value is -2.82. The zero-order chi connectivity index (χ0) is 18.3. The quantitative estimate of drug-likeness (QED) is 0.699. The molecule has 3 heterocycles. The van der Waals surface area contributed by atoms with E-state index in [1.807, 2.05) is 37.4 Å². The van der Waals surface area contributed by atoms with Crippen LogP contribution >= 0.6 is 0 Å². The summed E-state index contributed by atoms with van der Waals surface area (Å²) in [7, 11) is 0. The molecule has 0 bridgehead atoms. The molecule has 27 heavy (non-hydrogen) atoms. The highest BCUT2D eigenvalue weighted by molar-refractivity contribution is 5.56. The number of rotatable bonds is 2. The van der Waals surface area contributed by atoms with Gasteiger partial charge in [0.1, 0.15) is 0 Å². The lowest BCUT2D eigenvalue weighted by Crippen LogP contribution is -2.46. The van der Waals surface area contributed by atoms with Crippen LogP contribution in [0.1, 0.15) is 36.2 Å². The first-order valence-corrected chi connectivity index (χ1v) is 9.71. The standard InChI is InChI=1S/C22H23N5/c1-16-8-9-19(26-25-16)27-13-5-11-22(15-27)12-10-18-14-23-21(24-20(18)22)17-6-3-2-4-7-17/h2-4,6-9,14H,5,10-13,15H2,1H3. The number of anilines is 1. The van der Waals surface area contributed by atoms with Crippen molar-refractivity contribution in [2.75, 3.05) is 18.0 Å². The zero-order valence-corrected chi connectivity index (χ0v) is 15.6. The Labute approximate surface area is 159 Å². The van der Waals surface area contributed by atoms with Gasteiger partial charge < -0.3 is 4.90 Å². The van der Waals surface area contributed by atoms with E-state index < -0.39 is 0 Å². The topological polar surface area (TPSA) is 54.8 Å². The second-order valence-electron chi connectivity index (χ2n) is 7.77.